The molecule has 60 valence electrons. The molecule has 0 saturated heterocycles. The molecule has 2 heteroatoms. The van der Waals surface area contributed by atoms with Crippen LogP contribution >= 0.6 is 0 Å². The summed E-state index contributed by atoms with van der Waals surface area (Å²) >= 11 is 0. The van der Waals surface area contributed by atoms with Gasteiger partial charge in [-0.15, -0.1) is 0 Å². The third-order valence-corrected chi connectivity index (χ3v) is 1.19. The lowest BCUT2D eigenvalue weighted by Crippen LogP contribution is -1.78. The summed E-state index contributed by atoms with van der Waals surface area (Å²) < 4.78 is 0. The zero-order valence-electron chi connectivity index (χ0n) is 7.17. The molecule has 11 heavy (non-hydrogen) atoms. The van der Waals surface area contributed by atoms with Crippen LogP contribution in [0.5, 0.6) is 0 Å². The Bertz CT molecular complexity index is 200. The van der Waals surface area contributed by atoms with Gasteiger partial charge in [0.25, 0.3) is 0 Å². The number of nitrogens with zero attached hydrogens (tertiary/aromatic N) is 2. The van der Waals surface area contributed by atoms with Crippen LogP contribution in [0, 0.1) is 0 Å². The van der Waals surface area contributed by atoms with Gasteiger partial charge in [-0.3, -0.25) is 0 Å². The molecule has 0 radical (unpaired) electrons. The summed E-state index contributed by atoms with van der Waals surface area (Å²) in [4.78, 5) is 0. The predicted octanol–water partition coefficient (Wildman–Crippen LogP) is 3.10. The molecule has 0 aromatic carbocycles. The first-order valence-electron chi connectivity index (χ1n) is 3.74. The van der Waals surface area contributed by atoms with E-state index < -0.39 is 0 Å². The SMILES string of the molecule is C=CC1=C(C=C)N=NC1.CC. The average molecular weight is 150 g/mol. The van der Waals surface area contributed by atoms with Gasteiger partial charge in [0.15, 0.2) is 0 Å². The van der Waals surface area contributed by atoms with Crippen LogP contribution in [0.3, 0.4) is 0 Å². The Balaban J connectivity index is 0.000000461. The Morgan fingerprint density at radius 2 is 1.91 bits per heavy atom. The molecular formula is C9H14N2. The lowest BCUT2D eigenvalue weighted by Gasteiger charge is -1.87. The Labute approximate surface area is 68.0 Å². The number of allylic oxidation sites excluding steroid dienone is 1. The van der Waals surface area contributed by atoms with Crippen molar-refractivity contribution in [3.05, 3.63) is 36.6 Å². The summed E-state index contributed by atoms with van der Waals surface area (Å²) in [6, 6.07) is 0. The van der Waals surface area contributed by atoms with E-state index in [4.69, 9.17) is 0 Å². The second-order valence-corrected chi connectivity index (χ2v) is 1.72. The Hall–Kier alpha value is -1.18. The van der Waals surface area contributed by atoms with E-state index >= 15 is 0 Å². The van der Waals surface area contributed by atoms with Gasteiger partial charge in [-0.05, 0) is 6.08 Å². The van der Waals surface area contributed by atoms with E-state index in [0.717, 1.165) is 11.3 Å². The van der Waals surface area contributed by atoms with Crippen molar-refractivity contribution < 1.29 is 0 Å². The van der Waals surface area contributed by atoms with E-state index in [1.807, 2.05) is 13.8 Å². The topological polar surface area (TPSA) is 24.7 Å². The molecule has 1 aliphatic rings. The minimum absolute atomic E-state index is 0.658. The summed E-state index contributed by atoms with van der Waals surface area (Å²) in [5.41, 5.74) is 1.91. The molecule has 0 aromatic heterocycles. The monoisotopic (exact) mass is 150 g/mol. The van der Waals surface area contributed by atoms with Crippen LogP contribution in [0.1, 0.15) is 13.8 Å². The molecule has 1 aliphatic heterocycles. The lowest BCUT2D eigenvalue weighted by molar-refractivity contribution is 1.11. The van der Waals surface area contributed by atoms with Crippen molar-refractivity contribution in [2.24, 2.45) is 10.2 Å². The molecule has 0 N–H and O–H groups in total. The standard InChI is InChI=1S/C7H8N2.C2H6/c1-3-6-5-8-9-7(6)4-2;1-2/h3-4H,1-2,5H2;1-2H3. The van der Waals surface area contributed by atoms with Gasteiger partial charge in [-0.1, -0.05) is 33.1 Å². The zero-order chi connectivity index (χ0) is 8.69. The predicted molar refractivity (Wildman–Crippen MR) is 48.5 cm³/mol. The molecule has 0 amide bonds. The molecule has 1 rings (SSSR count). The van der Waals surface area contributed by atoms with Crippen molar-refractivity contribution in [1.29, 1.82) is 0 Å². The summed E-state index contributed by atoms with van der Waals surface area (Å²) in [5, 5.41) is 7.62. The average Bonchev–Trinajstić information content (AvgIpc) is 2.54. The van der Waals surface area contributed by atoms with E-state index in [9.17, 15) is 0 Å². The maximum Gasteiger partial charge on any atom is 0.0897 e. The highest BCUT2D eigenvalue weighted by molar-refractivity contribution is 5.33. The summed E-state index contributed by atoms with van der Waals surface area (Å²) in [5.74, 6) is 0. The second-order valence-electron chi connectivity index (χ2n) is 1.72. The lowest BCUT2D eigenvalue weighted by atomic mass is 10.2. The van der Waals surface area contributed by atoms with Crippen LogP contribution in [0.15, 0.2) is 46.8 Å². The van der Waals surface area contributed by atoms with Crippen molar-refractivity contribution in [3.63, 3.8) is 0 Å². The van der Waals surface area contributed by atoms with Crippen molar-refractivity contribution in [1.82, 2.24) is 0 Å². The fourth-order valence-electron chi connectivity index (χ4n) is 0.674. The van der Waals surface area contributed by atoms with Crippen LogP contribution in [0.25, 0.3) is 0 Å². The summed E-state index contributed by atoms with van der Waals surface area (Å²) in [7, 11) is 0. The highest BCUT2D eigenvalue weighted by atomic mass is 15.1. The molecule has 0 aromatic rings. The van der Waals surface area contributed by atoms with Crippen molar-refractivity contribution in [2.45, 2.75) is 13.8 Å². The van der Waals surface area contributed by atoms with Gasteiger partial charge in [0, 0.05) is 5.57 Å². The van der Waals surface area contributed by atoms with Crippen molar-refractivity contribution >= 4 is 0 Å². The van der Waals surface area contributed by atoms with E-state index in [0.29, 0.717) is 6.54 Å². The van der Waals surface area contributed by atoms with Crippen LogP contribution in [0.4, 0.5) is 0 Å². The third kappa shape index (κ3) is 2.50. The fraction of sp³-hybridized carbons (Fsp3) is 0.333. The van der Waals surface area contributed by atoms with Crippen LogP contribution in [0.2, 0.25) is 0 Å². The summed E-state index contributed by atoms with van der Waals surface area (Å²) in [6.45, 7) is 11.9. The van der Waals surface area contributed by atoms with Gasteiger partial charge in [0.05, 0.1) is 12.2 Å². The minimum Gasteiger partial charge on any atom is -0.184 e. The first kappa shape index (κ1) is 9.82. The molecule has 0 atom stereocenters. The Kier molecular flexibility index (Phi) is 4.99. The Morgan fingerprint density at radius 3 is 2.27 bits per heavy atom. The largest absolute Gasteiger partial charge is 0.184 e. The van der Waals surface area contributed by atoms with E-state index in [1.54, 1.807) is 12.2 Å². The van der Waals surface area contributed by atoms with Crippen LogP contribution in [-0.4, -0.2) is 6.54 Å². The molecule has 0 saturated carbocycles. The molecule has 2 nitrogen and oxygen atoms in total. The third-order valence-electron chi connectivity index (χ3n) is 1.19. The fourth-order valence-corrected chi connectivity index (χ4v) is 0.674. The zero-order valence-corrected chi connectivity index (χ0v) is 7.17. The summed E-state index contributed by atoms with van der Waals surface area (Å²) in [6.07, 6.45) is 3.45. The molecule has 0 fully saturated rings. The number of rotatable bonds is 2. The molecule has 0 aliphatic carbocycles. The molecular weight excluding hydrogens is 136 g/mol. The smallest absolute Gasteiger partial charge is 0.0897 e. The van der Waals surface area contributed by atoms with Gasteiger partial charge in [0.1, 0.15) is 0 Å². The normalized spacial score (nSPS) is 14.0. The van der Waals surface area contributed by atoms with Crippen molar-refractivity contribution in [3.8, 4) is 0 Å². The highest BCUT2D eigenvalue weighted by Gasteiger charge is 2.03. The first-order chi connectivity index (χ1) is 5.38. The maximum atomic E-state index is 3.82. The van der Waals surface area contributed by atoms with Gasteiger partial charge in [-0.2, -0.15) is 10.2 Å². The quantitative estimate of drug-likeness (QED) is 0.578. The minimum atomic E-state index is 0.658. The van der Waals surface area contributed by atoms with Gasteiger partial charge in [0.2, 0.25) is 0 Å². The number of hydrogen-bond donors (Lipinski definition) is 0. The van der Waals surface area contributed by atoms with E-state index in [1.165, 1.54) is 0 Å². The first-order valence-corrected chi connectivity index (χ1v) is 3.74. The Morgan fingerprint density at radius 1 is 1.27 bits per heavy atom. The molecule has 0 spiro atoms. The van der Waals surface area contributed by atoms with Gasteiger partial charge in [-0.25, -0.2) is 0 Å². The number of hydrogen-bond acceptors (Lipinski definition) is 2. The number of azo groups is 1. The molecule has 0 unspecified atom stereocenters. The van der Waals surface area contributed by atoms with Gasteiger partial charge >= 0.3 is 0 Å². The maximum absolute atomic E-state index is 3.82. The van der Waals surface area contributed by atoms with Gasteiger partial charge < -0.3 is 0 Å². The van der Waals surface area contributed by atoms with E-state index in [-0.39, 0.29) is 0 Å². The van der Waals surface area contributed by atoms with E-state index in [2.05, 4.69) is 23.4 Å². The highest BCUT2D eigenvalue weighted by Crippen LogP contribution is 2.15. The van der Waals surface area contributed by atoms with Crippen LogP contribution in [-0.2, 0) is 0 Å². The second kappa shape index (κ2) is 5.59. The van der Waals surface area contributed by atoms with Crippen molar-refractivity contribution in [2.75, 3.05) is 6.54 Å². The molecule has 1 heterocycles. The molecule has 0 bridgehead atoms. The van der Waals surface area contributed by atoms with Crippen LogP contribution < -0.4 is 0 Å².